The molecular formula is C23H36N8O4S. The van der Waals surface area contributed by atoms with Crippen molar-refractivity contribution in [1.82, 2.24) is 15.5 Å². The highest BCUT2D eigenvalue weighted by molar-refractivity contribution is 7.80. The number of hydrogen-bond acceptors (Lipinski definition) is 7. The van der Waals surface area contributed by atoms with E-state index in [-0.39, 0.29) is 30.6 Å². The molecule has 4 amide bonds. The fourth-order valence-electron chi connectivity index (χ4n) is 3.99. The monoisotopic (exact) mass is 520 g/mol. The van der Waals surface area contributed by atoms with Crippen LogP contribution < -0.4 is 33.6 Å². The summed E-state index contributed by atoms with van der Waals surface area (Å²) in [5, 5.41) is 5.22. The van der Waals surface area contributed by atoms with Crippen LogP contribution in [0.5, 0.6) is 0 Å². The van der Waals surface area contributed by atoms with Crippen LogP contribution in [0.1, 0.15) is 31.2 Å². The predicted molar refractivity (Wildman–Crippen MR) is 140 cm³/mol. The molecule has 4 atom stereocenters. The maximum Gasteiger partial charge on any atom is 0.243 e. The van der Waals surface area contributed by atoms with Crippen LogP contribution in [0.2, 0.25) is 0 Å². The molecule has 2 rings (SSSR count). The molecule has 1 saturated heterocycles. The Balaban J connectivity index is 2.08. The van der Waals surface area contributed by atoms with Crippen molar-refractivity contribution < 1.29 is 19.2 Å². The quantitative estimate of drug-likeness (QED) is 0.0671. The van der Waals surface area contributed by atoms with Crippen molar-refractivity contribution in [1.29, 1.82) is 0 Å². The summed E-state index contributed by atoms with van der Waals surface area (Å²) in [5.41, 5.74) is 23.1. The molecule has 0 aromatic heterocycles. The first-order valence-electron chi connectivity index (χ1n) is 11.8. The molecule has 10 N–H and O–H groups in total. The maximum absolute atomic E-state index is 13.2. The van der Waals surface area contributed by atoms with E-state index in [2.05, 4.69) is 28.3 Å². The van der Waals surface area contributed by atoms with Crippen LogP contribution in [0.25, 0.3) is 0 Å². The van der Waals surface area contributed by atoms with Gasteiger partial charge in [0, 0.05) is 18.8 Å². The van der Waals surface area contributed by atoms with Gasteiger partial charge in [0.2, 0.25) is 23.6 Å². The SMILES string of the molecule is NC(=O)[C@H](CS)NC(=O)[C@@H](CCCN=C(N)N)NC(=O)[C@@H]1CCCN1C(=O)[C@H](N)Cc1ccccc1. The van der Waals surface area contributed by atoms with Gasteiger partial charge in [0.1, 0.15) is 18.1 Å². The normalized spacial score (nSPS) is 17.5. The number of nitrogens with two attached hydrogens (primary N) is 4. The molecule has 0 unspecified atom stereocenters. The lowest BCUT2D eigenvalue weighted by atomic mass is 10.0. The minimum atomic E-state index is -1.00. The molecule has 36 heavy (non-hydrogen) atoms. The minimum Gasteiger partial charge on any atom is -0.370 e. The Hall–Kier alpha value is -3.32. The second-order valence-electron chi connectivity index (χ2n) is 8.64. The number of amides is 4. The van der Waals surface area contributed by atoms with Gasteiger partial charge in [0.15, 0.2) is 5.96 Å². The fourth-order valence-corrected chi connectivity index (χ4v) is 4.26. The van der Waals surface area contributed by atoms with E-state index in [1.54, 1.807) is 0 Å². The molecule has 0 bridgehead atoms. The summed E-state index contributed by atoms with van der Waals surface area (Å²) in [7, 11) is 0. The van der Waals surface area contributed by atoms with Crippen molar-refractivity contribution in [2.45, 2.75) is 56.3 Å². The molecule has 1 fully saturated rings. The van der Waals surface area contributed by atoms with Gasteiger partial charge in [-0.3, -0.25) is 24.2 Å². The van der Waals surface area contributed by atoms with Crippen molar-refractivity contribution >= 4 is 42.2 Å². The summed E-state index contributed by atoms with van der Waals surface area (Å²) in [4.78, 5) is 56.0. The molecule has 1 aliphatic heterocycles. The molecule has 0 saturated carbocycles. The van der Waals surface area contributed by atoms with Gasteiger partial charge in [0.05, 0.1) is 6.04 Å². The van der Waals surface area contributed by atoms with Crippen LogP contribution >= 0.6 is 12.6 Å². The van der Waals surface area contributed by atoms with E-state index in [0.29, 0.717) is 32.2 Å². The number of hydrogen-bond donors (Lipinski definition) is 7. The first kappa shape index (κ1) is 28.9. The van der Waals surface area contributed by atoms with Crippen LogP contribution in [-0.4, -0.2) is 77.5 Å². The van der Waals surface area contributed by atoms with Crippen LogP contribution in [0.4, 0.5) is 0 Å². The second kappa shape index (κ2) is 14.3. The standard InChI is InChI=1S/C23H36N8O4S/c24-15(12-14-6-2-1-3-7-14)22(35)31-11-5-9-18(31)21(34)29-16(8-4-10-28-23(26)27)20(33)30-17(13-36)19(25)32/h1-3,6-7,15-18,36H,4-5,8-13,24H2,(H2,25,32)(H,29,34)(H,30,33)(H4,26,27,28)/t15-,16-,17+,18+/m1/s1. The average Bonchev–Trinajstić information content (AvgIpc) is 3.34. The van der Waals surface area contributed by atoms with Gasteiger partial charge in [-0.1, -0.05) is 30.3 Å². The maximum atomic E-state index is 13.2. The molecule has 12 nitrogen and oxygen atoms in total. The number of rotatable bonds is 13. The van der Waals surface area contributed by atoms with Gasteiger partial charge >= 0.3 is 0 Å². The van der Waals surface area contributed by atoms with E-state index in [4.69, 9.17) is 22.9 Å². The Labute approximate surface area is 216 Å². The van der Waals surface area contributed by atoms with Crippen molar-refractivity contribution in [3.05, 3.63) is 35.9 Å². The molecule has 198 valence electrons. The van der Waals surface area contributed by atoms with Gasteiger partial charge in [-0.05, 0) is 37.7 Å². The van der Waals surface area contributed by atoms with Crippen LogP contribution in [0.15, 0.2) is 35.3 Å². The predicted octanol–water partition coefficient (Wildman–Crippen LogP) is -2.01. The number of primary amides is 1. The molecular weight excluding hydrogens is 484 g/mol. The lowest BCUT2D eigenvalue weighted by Gasteiger charge is -2.28. The molecule has 1 heterocycles. The summed E-state index contributed by atoms with van der Waals surface area (Å²) in [6, 6.07) is 5.83. The third-order valence-electron chi connectivity index (χ3n) is 5.87. The van der Waals surface area contributed by atoms with Crippen molar-refractivity contribution in [3.8, 4) is 0 Å². The molecule has 1 aromatic carbocycles. The first-order valence-corrected chi connectivity index (χ1v) is 12.4. The highest BCUT2D eigenvalue weighted by Crippen LogP contribution is 2.20. The Kier molecular flexibility index (Phi) is 11.5. The number of likely N-dealkylation sites (tertiary alicyclic amines) is 1. The summed E-state index contributed by atoms with van der Waals surface area (Å²) < 4.78 is 0. The zero-order valence-corrected chi connectivity index (χ0v) is 21.0. The molecule has 0 radical (unpaired) electrons. The molecule has 0 spiro atoms. The van der Waals surface area contributed by atoms with Gasteiger partial charge in [-0.15, -0.1) is 0 Å². The average molecular weight is 521 g/mol. The Bertz CT molecular complexity index is 941. The van der Waals surface area contributed by atoms with Crippen LogP contribution in [0, 0.1) is 0 Å². The zero-order chi connectivity index (χ0) is 26.7. The number of carbonyl (C=O) groups is 4. The number of nitrogens with zero attached hydrogens (tertiary/aromatic N) is 2. The van der Waals surface area contributed by atoms with Gasteiger partial charge < -0.3 is 38.5 Å². The second-order valence-corrected chi connectivity index (χ2v) is 9.01. The Morgan fingerprint density at radius 2 is 1.78 bits per heavy atom. The molecule has 13 heteroatoms. The Morgan fingerprint density at radius 3 is 2.39 bits per heavy atom. The van der Waals surface area contributed by atoms with Crippen LogP contribution in [-0.2, 0) is 25.6 Å². The van der Waals surface area contributed by atoms with E-state index in [9.17, 15) is 19.2 Å². The van der Waals surface area contributed by atoms with Crippen molar-refractivity contribution in [2.24, 2.45) is 27.9 Å². The Morgan fingerprint density at radius 1 is 1.08 bits per heavy atom. The molecule has 1 aromatic rings. The largest absolute Gasteiger partial charge is 0.370 e. The zero-order valence-electron chi connectivity index (χ0n) is 20.1. The fraction of sp³-hybridized carbons (Fsp3) is 0.522. The van der Waals surface area contributed by atoms with E-state index in [1.165, 1.54) is 4.90 Å². The van der Waals surface area contributed by atoms with Gasteiger partial charge in [-0.25, -0.2) is 0 Å². The highest BCUT2D eigenvalue weighted by Gasteiger charge is 2.37. The van der Waals surface area contributed by atoms with E-state index in [0.717, 1.165) is 5.56 Å². The van der Waals surface area contributed by atoms with Gasteiger partial charge in [0.25, 0.3) is 0 Å². The van der Waals surface area contributed by atoms with E-state index in [1.807, 2.05) is 30.3 Å². The molecule has 1 aliphatic rings. The summed E-state index contributed by atoms with van der Waals surface area (Å²) >= 11 is 4.03. The smallest absolute Gasteiger partial charge is 0.243 e. The number of carbonyl (C=O) groups excluding carboxylic acids is 4. The number of aliphatic imine (C=N–C) groups is 1. The highest BCUT2D eigenvalue weighted by atomic mass is 32.1. The van der Waals surface area contributed by atoms with Crippen molar-refractivity contribution in [2.75, 3.05) is 18.8 Å². The first-order chi connectivity index (χ1) is 17.1. The summed E-state index contributed by atoms with van der Waals surface area (Å²) in [6.45, 7) is 0.639. The van der Waals surface area contributed by atoms with E-state index < -0.39 is 41.9 Å². The number of nitrogens with one attached hydrogen (secondary N) is 2. The van der Waals surface area contributed by atoms with Crippen LogP contribution in [0.3, 0.4) is 0 Å². The third-order valence-corrected chi connectivity index (χ3v) is 6.24. The number of benzene rings is 1. The summed E-state index contributed by atoms with van der Waals surface area (Å²) in [5.74, 6) is -2.23. The lowest BCUT2D eigenvalue weighted by molar-refractivity contribution is -0.140. The molecule has 0 aliphatic carbocycles. The minimum absolute atomic E-state index is 0.0000520. The summed E-state index contributed by atoms with van der Waals surface area (Å²) in [6.07, 6.45) is 2.00. The topological polar surface area (TPSA) is 212 Å². The third kappa shape index (κ3) is 8.72. The van der Waals surface area contributed by atoms with Gasteiger partial charge in [-0.2, -0.15) is 12.6 Å². The number of guanidine groups is 1. The van der Waals surface area contributed by atoms with Crippen molar-refractivity contribution in [3.63, 3.8) is 0 Å². The number of thiol groups is 1. The lowest BCUT2D eigenvalue weighted by Crippen LogP contribution is -2.57. The van der Waals surface area contributed by atoms with E-state index >= 15 is 0 Å².